The second kappa shape index (κ2) is 15.4. The van der Waals surface area contributed by atoms with Gasteiger partial charge in [0.05, 0.1) is 6.61 Å². The summed E-state index contributed by atoms with van der Waals surface area (Å²) in [5, 5.41) is 6.63. The van der Waals surface area contributed by atoms with Crippen LogP contribution < -0.4 is 10.6 Å². The maximum Gasteiger partial charge on any atom is 0.191 e. The molecule has 0 aromatic heterocycles. The third kappa shape index (κ3) is 12.2. The van der Waals surface area contributed by atoms with E-state index in [9.17, 15) is 0 Å². The minimum absolute atomic E-state index is 0. The number of guanidine groups is 1. The number of aliphatic imine (C=N–C) groups is 1. The lowest BCUT2D eigenvalue weighted by Crippen LogP contribution is -2.37. The Morgan fingerprint density at radius 1 is 1.08 bits per heavy atom. The average Bonchev–Trinajstić information content (AvgIpc) is 2.59. The summed E-state index contributed by atoms with van der Waals surface area (Å²) in [6, 6.07) is 8.45. The Balaban J connectivity index is 0.00000576. The van der Waals surface area contributed by atoms with Crippen molar-refractivity contribution in [2.45, 2.75) is 40.3 Å². The maximum atomic E-state index is 5.57. The number of hydrogen-bond donors (Lipinski definition) is 2. The van der Waals surface area contributed by atoms with E-state index < -0.39 is 0 Å². The molecule has 25 heavy (non-hydrogen) atoms. The predicted octanol–water partition coefficient (Wildman–Crippen LogP) is 3.57. The van der Waals surface area contributed by atoms with Crippen molar-refractivity contribution in [2.75, 3.05) is 33.4 Å². The van der Waals surface area contributed by atoms with Gasteiger partial charge in [-0.05, 0) is 30.4 Å². The van der Waals surface area contributed by atoms with Crippen molar-refractivity contribution in [1.82, 2.24) is 10.6 Å². The third-order valence-electron chi connectivity index (χ3n) is 3.39. The van der Waals surface area contributed by atoms with Crippen molar-refractivity contribution in [2.24, 2.45) is 10.9 Å². The van der Waals surface area contributed by atoms with Gasteiger partial charge >= 0.3 is 0 Å². The second-order valence-electron chi connectivity index (χ2n) is 6.13. The molecule has 0 atom stereocenters. The van der Waals surface area contributed by atoms with Crippen molar-refractivity contribution in [1.29, 1.82) is 0 Å². The van der Waals surface area contributed by atoms with E-state index in [-0.39, 0.29) is 24.0 Å². The minimum Gasteiger partial charge on any atom is -0.381 e. The quantitative estimate of drug-likeness (QED) is 0.228. The monoisotopic (exact) mass is 463 g/mol. The van der Waals surface area contributed by atoms with E-state index in [1.165, 1.54) is 11.1 Å². The summed E-state index contributed by atoms with van der Waals surface area (Å²) in [5.74, 6) is 1.41. The van der Waals surface area contributed by atoms with Gasteiger partial charge in [-0.15, -0.1) is 24.0 Å². The zero-order valence-corrected chi connectivity index (χ0v) is 18.3. The van der Waals surface area contributed by atoms with Crippen LogP contribution >= 0.6 is 24.0 Å². The smallest absolute Gasteiger partial charge is 0.191 e. The Morgan fingerprint density at radius 3 is 2.36 bits per heavy atom. The Morgan fingerprint density at radius 2 is 1.76 bits per heavy atom. The summed E-state index contributed by atoms with van der Waals surface area (Å²) >= 11 is 0. The van der Waals surface area contributed by atoms with Crippen LogP contribution in [0.2, 0.25) is 0 Å². The number of ether oxygens (including phenoxy) is 2. The first-order valence-corrected chi connectivity index (χ1v) is 8.83. The Bertz CT molecular complexity index is 464. The SMILES string of the molecule is CCOCc1ccc(CNC(=NC)NCCCOCC(C)C)cc1.I. The van der Waals surface area contributed by atoms with Crippen molar-refractivity contribution < 1.29 is 9.47 Å². The van der Waals surface area contributed by atoms with Crippen molar-refractivity contribution in [3.8, 4) is 0 Å². The van der Waals surface area contributed by atoms with Crippen molar-refractivity contribution in [3.05, 3.63) is 35.4 Å². The molecule has 0 aliphatic heterocycles. The van der Waals surface area contributed by atoms with Gasteiger partial charge in [-0.1, -0.05) is 38.1 Å². The van der Waals surface area contributed by atoms with Crippen LogP contribution in [0.5, 0.6) is 0 Å². The van der Waals surface area contributed by atoms with Gasteiger partial charge in [0.1, 0.15) is 0 Å². The van der Waals surface area contributed by atoms with Crippen LogP contribution in [0.1, 0.15) is 38.3 Å². The standard InChI is InChI=1S/C19H33N3O2.HI/c1-5-23-15-18-9-7-17(8-10-18)13-22-19(20-4)21-11-6-12-24-14-16(2)3;/h7-10,16H,5-6,11-15H2,1-4H3,(H2,20,21,22);1H. The normalized spacial score (nSPS) is 11.3. The van der Waals surface area contributed by atoms with Gasteiger partial charge in [0, 0.05) is 40.0 Å². The molecule has 0 fully saturated rings. The molecule has 5 nitrogen and oxygen atoms in total. The van der Waals surface area contributed by atoms with Crippen LogP contribution in [0.15, 0.2) is 29.3 Å². The molecule has 144 valence electrons. The van der Waals surface area contributed by atoms with Gasteiger partial charge in [0.2, 0.25) is 0 Å². The molecule has 0 saturated heterocycles. The molecular formula is C19H34IN3O2. The highest BCUT2D eigenvalue weighted by Gasteiger charge is 2.00. The number of nitrogens with one attached hydrogen (secondary N) is 2. The van der Waals surface area contributed by atoms with E-state index in [1.807, 2.05) is 6.92 Å². The first kappa shape index (κ1) is 24.1. The molecule has 0 bridgehead atoms. The molecule has 0 unspecified atom stereocenters. The molecule has 0 aliphatic carbocycles. The predicted molar refractivity (Wildman–Crippen MR) is 116 cm³/mol. The largest absolute Gasteiger partial charge is 0.381 e. The third-order valence-corrected chi connectivity index (χ3v) is 3.39. The van der Waals surface area contributed by atoms with Gasteiger partial charge in [0.15, 0.2) is 5.96 Å². The summed E-state index contributed by atoms with van der Waals surface area (Å²) < 4.78 is 11.0. The zero-order valence-electron chi connectivity index (χ0n) is 16.0. The molecule has 0 aliphatic rings. The molecule has 0 heterocycles. The fourth-order valence-corrected chi connectivity index (χ4v) is 2.08. The maximum absolute atomic E-state index is 5.57. The summed E-state index contributed by atoms with van der Waals surface area (Å²) in [5.41, 5.74) is 2.42. The highest BCUT2D eigenvalue weighted by Crippen LogP contribution is 2.05. The summed E-state index contributed by atoms with van der Waals surface area (Å²) in [6.45, 7) is 11.0. The summed E-state index contributed by atoms with van der Waals surface area (Å²) in [6.07, 6.45) is 0.972. The highest BCUT2D eigenvalue weighted by atomic mass is 127. The van der Waals surface area contributed by atoms with E-state index in [0.29, 0.717) is 12.5 Å². The van der Waals surface area contributed by atoms with Crippen molar-refractivity contribution in [3.63, 3.8) is 0 Å². The van der Waals surface area contributed by atoms with Gasteiger partial charge < -0.3 is 20.1 Å². The number of nitrogens with zero attached hydrogens (tertiary/aromatic N) is 1. The molecule has 6 heteroatoms. The van der Waals surface area contributed by atoms with E-state index >= 15 is 0 Å². The van der Waals surface area contributed by atoms with E-state index in [4.69, 9.17) is 9.47 Å². The van der Waals surface area contributed by atoms with Crippen LogP contribution in [0.25, 0.3) is 0 Å². The van der Waals surface area contributed by atoms with Crippen LogP contribution in [-0.2, 0) is 22.6 Å². The molecule has 1 rings (SSSR count). The van der Waals surface area contributed by atoms with E-state index in [1.54, 1.807) is 7.05 Å². The molecule has 1 aromatic carbocycles. The van der Waals surface area contributed by atoms with Gasteiger partial charge in [-0.3, -0.25) is 4.99 Å². The minimum atomic E-state index is 0. The lowest BCUT2D eigenvalue weighted by molar-refractivity contribution is 0.108. The van der Waals surface area contributed by atoms with Gasteiger partial charge in [-0.2, -0.15) is 0 Å². The van der Waals surface area contributed by atoms with Crippen molar-refractivity contribution >= 4 is 29.9 Å². The Kier molecular flexibility index (Phi) is 14.9. The number of benzene rings is 1. The molecule has 0 radical (unpaired) electrons. The summed E-state index contributed by atoms with van der Waals surface area (Å²) in [4.78, 5) is 4.24. The van der Waals surface area contributed by atoms with E-state index in [2.05, 4.69) is 53.7 Å². The zero-order chi connectivity index (χ0) is 17.6. The van der Waals surface area contributed by atoms with Gasteiger partial charge in [-0.25, -0.2) is 0 Å². The number of rotatable bonds is 11. The molecular weight excluding hydrogens is 429 g/mol. The van der Waals surface area contributed by atoms with E-state index in [0.717, 1.165) is 45.3 Å². The molecule has 2 N–H and O–H groups in total. The first-order chi connectivity index (χ1) is 11.7. The highest BCUT2D eigenvalue weighted by molar-refractivity contribution is 14.0. The van der Waals surface area contributed by atoms with Crippen LogP contribution in [0, 0.1) is 5.92 Å². The molecule has 0 saturated carbocycles. The topological polar surface area (TPSA) is 54.9 Å². The second-order valence-corrected chi connectivity index (χ2v) is 6.13. The first-order valence-electron chi connectivity index (χ1n) is 8.83. The molecule has 0 spiro atoms. The lowest BCUT2D eigenvalue weighted by Gasteiger charge is -2.12. The Labute approximate surface area is 170 Å². The number of halogens is 1. The fourth-order valence-electron chi connectivity index (χ4n) is 2.08. The Hall–Kier alpha value is -0.860. The van der Waals surface area contributed by atoms with Crippen LogP contribution in [0.3, 0.4) is 0 Å². The van der Waals surface area contributed by atoms with Crippen LogP contribution in [0.4, 0.5) is 0 Å². The molecule has 1 aromatic rings. The van der Waals surface area contributed by atoms with Gasteiger partial charge in [0.25, 0.3) is 0 Å². The lowest BCUT2D eigenvalue weighted by atomic mass is 10.1. The summed E-state index contributed by atoms with van der Waals surface area (Å²) in [7, 11) is 1.79. The number of hydrogen-bond acceptors (Lipinski definition) is 3. The molecule has 0 amide bonds. The fraction of sp³-hybridized carbons (Fsp3) is 0.632. The average molecular weight is 463 g/mol. The van der Waals surface area contributed by atoms with Crippen LogP contribution in [-0.4, -0.2) is 39.4 Å².